The Kier molecular flexibility index (Phi) is 7.23. The first kappa shape index (κ1) is 20.8. The normalized spacial score (nSPS) is 11.1. The van der Waals surface area contributed by atoms with Crippen LogP contribution in [0.3, 0.4) is 0 Å². The van der Waals surface area contributed by atoms with Crippen molar-refractivity contribution in [1.29, 1.82) is 0 Å². The van der Waals surface area contributed by atoms with Gasteiger partial charge in [-0.3, -0.25) is 9.59 Å². The zero-order valence-electron chi connectivity index (χ0n) is 14.0. The summed E-state index contributed by atoms with van der Waals surface area (Å²) in [6, 6.07) is 11.6. The fraction of sp³-hybridized carbons (Fsp3) is 0.222. The molecule has 0 aliphatic carbocycles. The van der Waals surface area contributed by atoms with Crippen molar-refractivity contribution in [1.82, 2.24) is 5.32 Å². The Hall–Kier alpha value is -2.55. The molecule has 0 radical (unpaired) electrons. The Morgan fingerprint density at radius 1 is 1.04 bits per heavy atom. The van der Waals surface area contributed by atoms with Crippen molar-refractivity contribution < 1.29 is 27.2 Å². The van der Waals surface area contributed by atoms with Gasteiger partial charge in [-0.2, -0.15) is 13.2 Å². The number of benzene rings is 2. The summed E-state index contributed by atoms with van der Waals surface area (Å²) in [5.74, 6) is -0.889. The zero-order chi connectivity index (χ0) is 19.9. The highest BCUT2D eigenvalue weighted by atomic mass is 32.2. The molecule has 0 aliphatic rings. The third-order valence-electron chi connectivity index (χ3n) is 3.27. The highest BCUT2D eigenvalue weighted by Crippen LogP contribution is 2.16. The van der Waals surface area contributed by atoms with E-state index in [9.17, 15) is 27.2 Å². The average molecular weight is 400 g/mol. The molecular formula is C18H16F4N2O2S. The van der Waals surface area contributed by atoms with Crippen molar-refractivity contribution in [3.05, 3.63) is 65.5 Å². The van der Waals surface area contributed by atoms with Crippen LogP contribution >= 0.6 is 11.8 Å². The molecule has 2 amide bonds. The van der Waals surface area contributed by atoms with Crippen molar-refractivity contribution in [2.24, 2.45) is 0 Å². The fourth-order valence-corrected chi connectivity index (χ4v) is 2.85. The summed E-state index contributed by atoms with van der Waals surface area (Å²) in [5, 5.41) is 4.35. The number of anilines is 1. The van der Waals surface area contributed by atoms with Crippen LogP contribution in [0, 0.1) is 5.82 Å². The molecule has 27 heavy (non-hydrogen) atoms. The molecule has 0 saturated carbocycles. The second-order valence-corrected chi connectivity index (χ2v) is 6.53. The van der Waals surface area contributed by atoms with Gasteiger partial charge in [0.15, 0.2) is 0 Å². The highest BCUT2D eigenvalue weighted by Gasteiger charge is 2.27. The Bertz CT molecular complexity index is 795. The molecule has 2 rings (SSSR count). The second-order valence-electron chi connectivity index (χ2n) is 5.55. The lowest BCUT2D eigenvalue weighted by molar-refractivity contribution is -0.123. The van der Waals surface area contributed by atoms with Crippen LogP contribution in [-0.2, 0) is 10.5 Å². The van der Waals surface area contributed by atoms with Crippen molar-refractivity contribution in [2.45, 2.75) is 11.9 Å². The fourth-order valence-electron chi connectivity index (χ4n) is 2.06. The molecule has 9 heteroatoms. The molecule has 144 valence electrons. The van der Waals surface area contributed by atoms with Crippen molar-refractivity contribution in [2.75, 3.05) is 17.6 Å². The molecule has 2 N–H and O–H groups in total. The maximum atomic E-state index is 12.8. The van der Waals surface area contributed by atoms with E-state index < -0.39 is 18.6 Å². The molecule has 0 fully saturated rings. The molecule has 4 nitrogen and oxygen atoms in total. The lowest BCUT2D eigenvalue weighted by Gasteiger charge is -2.10. The minimum atomic E-state index is -4.50. The van der Waals surface area contributed by atoms with E-state index in [-0.39, 0.29) is 23.0 Å². The smallest absolute Gasteiger partial charge is 0.343 e. The number of halogens is 4. The Morgan fingerprint density at radius 2 is 1.74 bits per heavy atom. The summed E-state index contributed by atoms with van der Waals surface area (Å²) < 4.78 is 49.3. The monoisotopic (exact) mass is 400 g/mol. The summed E-state index contributed by atoms with van der Waals surface area (Å²) >= 11 is 1.32. The van der Waals surface area contributed by atoms with E-state index in [1.807, 2.05) is 0 Å². The minimum Gasteiger partial charge on any atom is -0.343 e. The van der Waals surface area contributed by atoms with E-state index in [0.717, 1.165) is 5.56 Å². The quantitative estimate of drug-likeness (QED) is 0.691. The third-order valence-corrected chi connectivity index (χ3v) is 4.28. The van der Waals surface area contributed by atoms with Gasteiger partial charge in [0.1, 0.15) is 12.4 Å². The van der Waals surface area contributed by atoms with Gasteiger partial charge in [-0.25, -0.2) is 4.39 Å². The first-order valence-corrected chi connectivity index (χ1v) is 8.95. The zero-order valence-corrected chi connectivity index (χ0v) is 14.8. The van der Waals surface area contributed by atoms with Gasteiger partial charge in [-0.05, 0) is 35.9 Å². The van der Waals surface area contributed by atoms with Crippen molar-refractivity contribution in [3.8, 4) is 0 Å². The summed E-state index contributed by atoms with van der Waals surface area (Å²) in [6.45, 7) is -1.43. The lowest BCUT2D eigenvalue weighted by atomic mass is 10.2. The molecule has 0 aliphatic heterocycles. The van der Waals surface area contributed by atoms with Crippen LogP contribution in [0.25, 0.3) is 0 Å². The van der Waals surface area contributed by atoms with Gasteiger partial charge in [-0.1, -0.05) is 18.2 Å². The SMILES string of the molecule is O=C(CSCc1ccc(F)cc1)Nc1cccc(C(=O)NCC(F)(F)F)c1. The number of nitrogens with one attached hydrogen (secondary N) is 2. The van der Waals surface area contributed by atoms with Gasteiger partial charge >= 0.3 is 6.18 Å². The molecule has 2 aromatic rings. The average Bonchev–Trinajstić information content (AvgIpc) is 2.61. The Labute approximate surface area is 157 Å². The largest absolute Gasteiger partial charge is 0.405 e. The number of carbonyl (C=O) groups excluding carboxylic acids is 2. The maximum absolute atomic E-state index is 12.8. The topological polar surface area (TPSA) is 58.2 Å². The van der Waals surface area contributed by atoms with Crippen LogP contribution in [0.4, 0.5) is 23.2 Å². The van der Waals surface area contributed by atoms with Crippen LogP contribution in [0.15, 0.2) is 48.5 Å². The van der Waals surface area contributed by atoms with Crippen LogP contribution in [0.1, 0.15) is 15.9 Å². The number of hydrogen-bond acceptors (Lipinski definition) is 3. The van der Waals surface area contributed by atoms with E-state index >= 15 is 0 Å². The van der Waals surface area contributed by atoms with Gasteiger partial charge < -0.3 is 10.6 Å². The van der Waals surface area contributed by atoms with Crippen LogP contribution in [0.5, 0.6) is 0 Å². The standard InChI is InChI=1S/C18H16F4N2O2S/c19-14-6-4-12(5-7-14)9-27-10-16(25)24-15-3-1-2-13(8-15)17(26)23-11-18(20,21)22/h1-8H,9-11H2,(H,23,26)(H,24,25). The molecule has 0 bridgehead atoms. The minimum absolute atomic E-state index is 0.0102. The molecule has 0 saturated heterocycles. The summed E-state index contributed by atoms with van der Waals surface area (Å²) in [4.78, 5) is 23.7. The molecule has 0 spiro atoms. The predicted molar refractivity (Wildman–Crippen MR) is 96.0 cm³/mol. The molecule has 0 aromatic heterocycles. The number of thioether (sulfide) groups is 1. The number of alkyl halides is 3. The van der Waals surface area contributed by atoms with E-state index in [1.54, 1.807) is 17.4 Å². The van der Waals surface area contributed by atoms with Gasteiger partial charge in [0.25, 0.3) is 5.91 Å². The number of amides is 2. The van der Waals surface area contributed by atoms with Gasteiger partial charge in [0, 0.05) is 17.0 Å². The Morgan fingerprint density at radius 3 is 2.41 bits per heavy atom. The van der Waals surface area contributed by atoms with Crippen LogP contribution < -0.4 is 10.6 Å². The summed E-state index contributed by atoms with van der Waals surface area (Å²) in [6.07, 6.45) is -4.50. The second kappa shape index (κ2) is 9.40. The van der Waals surface area contributed by atoms with E-state index in [1.165, 1.54) is 48.2 Å². The molecule has 0 atom stereocenters. The predicted octanol–water partition coefficient (Wildman–Crippen LogP) is 3.99. The number of hydrogen-bond donors (Lipinski definition) is 2. The van der Waals surface area contributed by atoms with Crippen molar-refractivity contribution in [3.63, 3.8) is 0 Å². The number of carbonyl (C=O) groups is 2. The molecular weight excluding hydrogens is 384 g/mol. The van der Waals surface area contributed by atoms with E-state index in [0.29, 0.717) is 11.4 Å². The van der Waals surface area contributed by atoms with Crippen molar-refractivity contribution >= 4 is 29.3 Å². The first-order chi connectivity index (χ1) is 12.7. The van der Waals surface area contributed by atoms with Gasteiger partial charge in [0.2, 0.25) is 5.91 Å². The molecule has 0 heterocycles. The lowest BCUT2D eigenvalue weighted by Crippen LogP contribution is -2.33. The Balaban J connectivity index is 1.83. The molecule has 0 unspecified atom stereocenters. The summed E-state index contributed by atoms with van der Waals surface area (Å²) in [5.41, 5.74) is 1.19. The highest BCUT2D eigenvalue weighted by molar-refractivity contribution is 7.99. The van der Waals surface area contributed by atoms with Crippen LogP contribution in [-0.4, -0.2) is 30.3 Å². The summed E-state index contributed by atoms with van der Waals surface area (Å²) in [7, 11) is 0. The van der Waals surface area contributed by atoms with Crippen LogP contribution in [0.2, 0.25) is 0 Å². The van der Waals surface area contributed by atoms with E-state index in [2.05, 4.69) is 5.32 Å². The first-order valence-electron chi connectivity index (χ1n) is 7.80. The van der Waals surface area contributed by atoms with E-state index in [4.69, 9.17) is 0 Å². The molecule has 2 aromatic carbocycles. The van der Waals surface area contributed by atoms with Gasteiger partial charge in [0.05, 0.1) is 5.75 Å². The maximum Gasteiger partial charge on any atom is 0.405 e. The third kappa shape index (κ3) is 7.69. The number of rotatable bonds is 7. The van der Waals surface area contributed by atoms with Gasteiger partial charge in [-0.15, -0.1) is 11.8 Å².